The minimum Gasteiger partial charge on any atom is -0.493 e. The van der Waals surface area contributed by atoms with Gasteiger partial charge in [-0.2, -0.15) is 0 Å². The number of halogens is 2. The van der Waals surface area contributed by atoms with Crippen LogP contribution >= 0.6 is 15.9 Å². The number of hydrogen-bond acceptors (Lipinski definition) is 3. The number of hydrogen-bond donors (Lipinski definition) is 1. The summed E-state index contributed by atoms with van der Waals surface area (Å²) in [5, 5.41) is 3.59. The van der Waals surface area contributed by atoms with Crippen LogP contribution in [0, 0.1) is 5.82 Å². The number of methoxy groups -OCH3 is 1. The maximum atomic E-state index is 13.8. The Morgan fingerprint density at radius 3 is 2.68 bits per heavy atom. The molecule has 1 fully saturated rings. The number of benzene rings is 2. The van der Waals surface area contributed by atoms with E-state index in [1.54, 1.807) is 25.3 Å². The average Bonchev–Trinajstić information content (AvgIpc) is 3.13. The summed E-state index contributed by atoms with van der Waals surface area (Å²) in [6.07, 6.45) is 5.13. The van der Waals surface area contributed by atoms with Gasteiger partial charge in [-0.3, -0.25) is 0 Å². The summed E-state index contributed by atoms with van der Waals surface area (Å²) in [6, 6.07) is 11.2. The van der Waals surface area contributed by atoms with Crippen LogP contribution < -0.4 is 14.8 Å². The Morgan fingerprint density at radius 2 is 1.96 bits per heavy atom. The third-order valence-electron chi connectivity index (χ3n) is 4.57. The molecule has 3 rings (SSSR count). The quantitative estimate of drug-likeness (QED) is 0.683. The van der Waals surface area contributed by atoms with Gasteiger partial charge in [0.2, 0.25) is 0 Å². The molecule has 1 aliphatic rings. The second kappa shape index (κ2) is 8.68. The van der Waals surface area contributed by atoms with Gasteiger partial charge in [-0.1, -0.05) is 31.0 Å². The Kier molecular flexibility index (Phi) is 6.32. The van der Waals surface area contributed by atoms with Crippen LogP contribution in [-0.4, -0.2) is 13.2 Å². The molecule has 0 amide bonds. The van der Waals surface area contributed by atoms with Gasteiger partial charge in [-0.05, 0) is 52.5 Å². The third-order valence-corrected chi connectivity index (χ3v) is 5.16. The first-order valence-electron chi connectivity index (χ1n) is 8.63. The van der Waals surface area contributed by atoms with E-state index in [0.29, 0.717) is 23.1 Å². The predicted octanol–water partition coefficient (Wildman–Crippen LogP) is 5.21. The molecule has 5 heteroatoms. The molecule has 0 bridgehead atoms. The van der Waals surface area contributed by atoms with Crippen LogP contribution in [0.15, 0.2) is 40.9 Å². The minimum atomic E-state index is -0.269. The molecular formula is C20H23BrFNO2. The van der Waals surface area contributed by atoms with Gasteiger partial charge in [0.25, 0.3) is 0 Å². The van der Waals surface area contributed by atoms with E-state index in [9.17, 15) is 4.39 Å². The van der Waals surface area contributed by atoms with E-state index in [1.807, 2.05) is 12.1 Å². The lowest BCUT2D eigenvalue weighted by atomic mass is 10.1. The molecule has 0 unspecified atom stereocenters. The van der Waals surface area contributed by atoms with E-state index in [2.05, 4.69) is 21.2 Å². The second-order valence-corrected chi connectivity index (χ2v) is 7.21. The summed E-state index contributed by atoms with van der Waals surface area (Å²) < 4.78 is 25.9. The topological polar surface area (TPSA) is 30.5 Å². The molecule has 0 spiro atoms. The summed E-state index contributed by atoms with van der Waals surface area (Å²) >= 11 is 3.56. The van der Waals surface area contributed by atoms with Crippen molar-refractivity contribution in [2.75, 3.05) is 7.11 Å². The molecular weight excluding hydrogens is 385 g/mol. The van der Waals surface area contributed by atoms with Crippen molar-refractivity contribution in [1.82, 2.24) is 5.32 Å². The molecule has 0 aromatic heterocycles. The SMILES string of the molecule is COc1cc(CNC2CCCC2)cc(Br)c1OCc1ccccc1F. The molecule has 25 heavy (non-hydrogen) atoms. The van der Waals surface area contributed by atoms with Crippen LogP contribution in [-0.2, 0) is 13.2 Å². The van der Waals surface area contributed by atoms with Crippen LogP contribution in [0.25, 0.3) is 0 Å². The van der Waals surface area contributed by atoms with E-state index in [4.69, 9.17) is 9.47 Å². The number of ether oxygens (including phenoxy) is 2. The smallest absolute Gasteiger partial charge is 0.175 e. The van der Waals surface area contributed by atoms with Crippen LogP contribution in [0.3, 0.4) is 0 Å². The highest BCUT2D eigenvalue weighted by atomic mass is 79.9. The van der Waals surface area contributed by atoms with Gasteiger partial charge in [0.05, 0.1) is 11.6 Å². The van der Waals surface area contributed by atoms with E-state index in [-0.39, 0.29) is 12.4 Å². The lowest BCUT2D eigenvalue weighted by molar-refractivity contribution is 0.277. The van der Waals surface area contributed by atoms with Crippen molar-refractivity contribution in [3.63, 3.8) is 0 Å². The molecule has 0 atom stereocenters. The van der Waals surface area contributed by atoms with Gasteiger partial charge in [-0.15, -0.1) is 0 Å². The van der Waals surface area contributed by atoms with Crippen molar-refractivity contribution >= 4 is 15.9 Å². The fourth-order valence-corrected chi connectivity index (χ4v) is 3.78. The Labute approximate surface area is 156 Å². The van der Waals surface area contributed by atoms with E-state index < -0.39 is 0 Å². The highest BCUT2D eigenvalue weighted by molar-refractivity contribution is 9.10. The zero-order chi connectivity index (χ0) is 17.6. The molecule has 134 valence electrons. The Morgan fingerprint density at radius 1 is 1.20 bits per heavy atom. The largest absolute Gasteiger partial charge is 0.493 e. The summed E-state index contributed by atoms with van der Waals surface area (Å²) in [7, 11) is 1.62. The monoisotopic (exact) mass is 407 g/mol. The fourth-order valence-electron chi connectivity index (χ4n) is 3.17. The third kappa shape index (κ3) is 4.73. The summed E-state index contributed by atoms with van der Waals surface area (Å²) in [4.78, 5) is 0. The molecule has 2 aromatic rings. The van der Waals surface area contributed by atoms with Gasteiger partial charge in [0, 0.05) is 18.2 Å². The highest BCUT2D eigenvalue weighted by Gasteiger charge is 2.16. The molecule has 3 nitrogen and oxygen atoms in total. The van der Waals surface area contributed by atoms with Crippen LogP contribution in [0.1, 0.15) is 36.8 Å². The van der Waals surface area contributed by atoms with Gasteiger partial charge < -0.3 is 14.8 Å². The summed E-state index contributed by atoms with van der Waals surface area (Å²) in [5.74, 6) is 0.972. The summed E-state index contributed by atoms with van der Waals surface area (Å²) in [6.45, 7) is 0.953. The standard InChI is InChI=1S/C20H23BrFNO2/c1-24-19-11-14(12-23-16-7-3-4-8-16)10-17(21)20(19)25-13-15-6-2-5-9-18(15)22/h2,5-6,9-11,16,23H,3-4,7-8,12-13H2,1H3. The van der Waals surface area contributed by atoms with Gasteiger partial charge in [-0.25, -0.2) is 4.39 Å². The van der Waals surface area contributed by atoms with Crippen molar-refractivity contribution in [3.8, 4) is 11.5 Å². The van der Waals surface area contributed by atoms with Crippen molar-refractivity contribution in [3.05, 3.63) is 57.8 Å². The lowest BCUT2D eigenvalue weighted by Gasteiger charge is -2.16. The van der Waals surface area contributed by atoms with E-state index in [1.165, 1.54) is 31.7 Å². The summed E-state index contributed by atoms with van der Waals surface area (Å²) in [5.41, 5.74) is 1.65. The van der Waals surface area contributed by atoms with Crippen molar-refractivity contribution in [2.45, 2.75) is 44.9 Å². The number of nitrogens with one attached hydrogen (secondary N) is 1. The van der Waals surface area contributed by atoms with Crippen LogP contribution in [0.2, 0.25) is 0 Å². The van der Waals surface area contributed by atoms with Gasteiger partial charge in [0.15, 0.2) is 11.5 Å². The first kappa shape index (κ1) is 18.2. The first-order chi connectivity index (χ1) is 12.2. The molecule has 2 aromatic carbocycles. The normalized spacial score (nSPS) is 14.7. The maximum Gasteiger partial charge on any atom is 0.175 e. The van der Waals surface area contributed by atoms with Gasteiger partial charge in [0.1, 0.15) is 12.4 Å². The molecule has 0 radical (unpaired) electrons. The Balaban J connectivity index is 1.69. The van der Waals surface area contributed by atoms with Crippen molar-refractivity contribution in [1.29, 1.82) is 0 Å². The van der Waals surface area contributed by atoms with Crippen LogP contribution in [0.5, 0.6) is 11.5 Å². The average molecular weight is 408 g/mol. The maximum absolute atomic E-state index is 13.8. The van der Waals surface area contributed by atoms with Crippen molar-refractivity contribution in [2.24, 2.45) is 0 Å². The van der Waals surface area contributed by atoms with Crippen LogP contribution in [0.4, 0.5) is 4.39 Å². The minimum absolute atomic E-state index is 0.154. The molecule has 1 saturated carbocycles. The molecule has 0 aliphatic heterocycles. The molecule has 0 saturated heterocycles. The Bertz CT molecular complexity index is 717. The van der Waals surface area contributed by atoms with E-state index in [0.717, 1.165) is 16.6 Å². The highest BCUT2D eigenvalue weighted by Crippen LogP contribution is 2.37. The van der Waals surface area contributed by atoms with Crippen molar-refractivity contribution < 1.29 is 13.9 Å². The Hall–Kier alpha value is -1.59. The molecule has 1 N–H and O–H groups in total. The fraction of sp³-hybridized carbons (Fsp3) is 0.400. The molecule has 0 heterocycles. The second-order valence-electron chi connectivity index (χ2n) is 6.35. The zero-order valence-electron chi connectivity index (χ0n) is 14.4. The van der Waals surface area contributed by atoms with Gasteiger partial charge >= 0.3 is 0 Å². The molecule has 1 aliphatic carbocycles. The number of rotatable bonds is 7. The zero-order valence-corrected chi connectivity index (χ0v) is 15.9. The lowest BCUT2D eigenvalue weighted by Crippen LogP contribution is -2.25. The first-order valence-corrected chi connectivity index (χ1v) is 9.42. The predicted molar refractivity (Wildman–Crippen MR) is 101 cm³/mol. The van der Waals surface area contributed by atoms with E-state index >= 15 is 0 Å².